The fourth-order valence-electron chi connectivity index (χ4n) is 2.56. The average Bonchev–Trinajstić information content (AvgIpc) is 2.66. The molecular formula is C18H31N5O9. The molecule has 0 saturated carbocycles. The van der Waals surface area contributed by atoms with Crippen LogP contribution in [0, 0.1) is 5.92 Å². The number of rotatable bonds is 15. The van der Waals surface area contributed by atoms with Gasteiger partial charge in [0.05, 0.1) is 19.1 Å². The highest BCUT2D eigenvalue weighted by Gasteiger charge is 2.31. The van der Waals surface area contributed by atoms with Crippen molar-refractivity contribution in [3.63, 3.8) is 0 Å². The summed E-state index contributed by atoms with van der Waals surface area (Å²) in [5, 5.41) is 33.5. The van der Waals surface area contributed by atoms with E-state index in [1.165, 1.54) is 0 Å². The van der Waals surface area contributed by atoms with Crippen LogP contribution in [0.3, 0.4) is 0 Å². The number of carbonyl (C=O) groups is 6. The molecule has 0 bridgehead atoms. The number of aliphatic carboxylic acids is 2. The minimum Gasteiger partial charge on any atom is -0.481 e. The lowest BCUT2D eigenvalue weighted by molar-refractivity contribution is -0.147. The van der Waals surface area contributed by atoms with E-state index in [9.17, 15) is 33.9 Å². The van der Waals surface area contributed by atoms with Gasteiger partial charge in [-0.3, -0.25) is 24.0 Å². The highest BCUT2D eigenvalue weighted by Crippen LogP contribution is 2.05. The van der Waals surface area contributed by atoms with Gasteiger partial charge in [0.25, 0.3) is 0 Å². The van der Waals surface area contributed by atoms with E-state index in [1.54, 1.807) is 0 Å². The number of nitrogens with one attached hydrogen (secondary N) is 3. The van der Waals surface area contributed by atoms with Crippen molar-refractivity contribution in [3.8, 4) is 0 Å². The standard InChI is InChI=1S/C18H31N5O9/c1-8(2)5-9(19)15(28)21-10(3-4-13(20)25)16(29)23-12(7-24)17(30)22-11(18(31)32)6-14(26)27/h8-12,24H,3-7,19H2,1-2H3,(H2,20,25)(H,21,28)(H,22,30)(H,23,29)(H,26,27)(H,31,32). The predicted molar refractivity (Wildman–Crippen MR) is 109 cm³/mol. The second-order valence-corrected chi connectivity index (χ2v) is 7.54. The van der Waals surface area contributed by atoms with Crippen LogP contribution in [-0.4, -0.2) is 81.7 Å². The first-order valence-electron chi connectivity index (χ1n) is 9.78. The molecule has 0 spiro atoms. The molecule has 0 aromatic carbocycles. The molecular weight excluding hydrogens is 430 g/mol. The molecule has 0 aliphatic rings. The van der Waals surface area contributed by atoms with Gasteiger partial charge < -0.3 is 42.7 Å². The summed E-state index contributed by atoms with van der Waals surface area (Å²) in [5.74, 6) is -6.59. The number of primary amides is 1. The van der Waals surface area contributed by atoms with E-state index >= 15 is 0 Å². The molecule has 0 fully saturated rings. The van der Waals surface area contributed by atoms with E-state index in [0.29, 0.717) is 6.42 Å². The lowest BCUT2D eigenvalue weighted by atomic mass is 10.0. The molecule has 0 aliphatic carbocycles. The number of carboxylic acid groups (broad SMARTS) is 2. The molecule has 0 saturated heterocycles. The number of nitrogens with two attached hydrogens (primary N) is 2. The molecule has 0 aromatic rings. The number of carboxylic acids is 2. The third-order valence-electron chi connectivity index (χ3n) is 4.18. The van der Waals surface area contributed by atoms with Gasteiger partial charge in [-0.05, 0) is 18.8 Å². The minimum atomic E-state index is -1.80. The van der Waals surface area contributed by atoms with E-state index in [-0.39, 0.29) is 18.8 Å². The van der Waals surface area contributed by atoms with Crippen molar-refractivity contribution in [1.82, 2.24) is 16.0 Å². The van der Waals surface area contributed by atoms with Crippen LogP contribution in [0.4, 0.5) is 0 Å². The Labute approximate surface area is 184 Å². The Morgan fingerprint density at radius 2 is 1.34 bits per heavy atom. The molecule has 182 valence electrons. The van der Waals surface area contributed by atoms with Crippen molar-refractivity contribution in [2.24, 2.45) is 17.4 Å². The molecule has 32 heavy (non-hydrogen) atoms. The second-order valence-electron chi connectivity index (χ2n) is 7.54. The molecule has 14 nitrogen and oxygen atoms in total. The third-order valence-corrected chi connectivity index (χ3v) is 4.18. The van der Waals surface area contributed by atoms with Crippen LogP contribution in [0.1, 0.15) is 39.5 Å². The van der Waals surface area contributed by atoms with Gasteiger partial charge >= 0.3 is 11.9 Å². The van der Waals surface area contributed by atoms with Crippen molar-refractivity contribution in [2.45, 2.75) is 63.7 Å². The van der Waals surface area contributed by atoms with E-state index in [0.717, 1.165) is 0 Å². The molecule has 0 rings (SSSR count). The number of aliphatic hydroxyl groups is 1. The van der Waals surface area contributed by atoms with Crippen LogP contribution in [0.15, 0.2) is 0 Å². The van der Waals surface area contributed by atoms with Crippen LogP contribution in [0.5, 0.6) is 0 Å². The smallest absolute Gasteiger partial charge is 0.326 e. The quantitative estimate of drug-likeness (QED) is 0.120. The normalized spacial score (nSPS) is 14.5. The fourth-order valence-corrected chi connectivity index (χ4v) is 2.56. The zero-order valence-electron chi connectivity index (χ0n) is 17.9. The first kappa shape index (κ1) is 28.7. The molecule has 4 unspecified atom stereocenters. The van der Waals surface area contributed by atoms with Gasteiger partial charge in [-0.1, -0.05) is 13.8 Å². The van der Waals surface area contributed by atoms with Crippen molar-refractivity contribution in [2.75, 3.05) is 6.61 Å². The third kappa shape index (κ3) is 11.2. The first-order valence-corrected chi connectivity index (χ1v) is 9.78. The molecule has 0 heterocycles. The maximum absolute atomic E-state index is 12.6. The molecule has 0 radical (unpaired) electrons. The minimum absolute atomic E-state index is 0.0871. The Bertz CT molecular complexity index is 713. The molecule has 10 N–H and O–H groups in total. The van der Waals surface area contributed by atoms with Gasteiger partial charge in [0.15, 0.2) is 0 Å². The largest absolute Gasteiger partial charge is 0.481 e. The maximum atomic E-state index is 12.6. The van der Waals surface area contributed by atoms with Crippen molar-refractivity contribution in [1.29, 1.82) is 0 Å². The van der Waals surface area contributed by atoms with Crippen molar-refractivity contribution in [3.05, 3.63) is 0 Å². The van der Waals surface area contributed by atoms with Crippen LogP contribution < -0.4 is 27.4 Å². The molecule has 4 amide bonds. The van der Waals surface area contributed by atoms with Gasteiger partial charge in [-0.2, -0.15) is 0 Å². The summed E-state index contributed by atoms with van der Waals surface area (Å²) in [6, 6.07) is -5.73. The van der Waals surface area contributed by atoms with E-state index in [2.05, 4.69) is 10.6 Å². The van der Waals surface area contributed by atoms with E-state index < -0.39 is 72.8 Å². The number of carbonyl (C=O) groups excluding carboxylic acids is 4. The van der Waals surface area contributed by atoms with Crippen LogP contribution in [-0.2, 0) is 28.8 Å². The van der Waals surface area contributed by atoms with Gasteiger partial charge in [0.2, 0.25) is 23.6 Å². The van der Waals surface area contributed by atoms with Gasteiger partial charge in [0.1, 0.15) is 18.1 Å². The van der Waals surface area contributed by atoms with Gasteiger partial charge in [-0.15, -0.1) is 0 Å². The Morgan fingerprint density at radius 3 is 1.78 bits per heavy atom. The summed E-state index contributed by atoms with van der Waals surface area (Å²) in [4.78, 5) is 70.0. The Hall–Kier alpha value is -3.26. The zero-order valence-corrected chi connectivity index (χ0v) is 17.9. The molecule has 0 aromatic heterocycles. The Kier molecular flexibility index (Phi) is 12.5. The topological polar surface area (TPSA) is 251 Å². The summed E-state index contributed by atoms with van der Waals surface area (Å²) >= 11 is 0. The first-order chi connectivity index (χ1) is 14.8. The summed E-state index contributed by atoms with van der Waals surface area (Å²) in [7, 11) is 0. The number of hydrogen-bond acceptors (Lipinski definition) is 8. The van der Waals surface area contributed by atoms with Crippen LogP contribution >= 0.6 is 0 Å². The lowest BCUT2D eigenvalue weighted by Gasteiger charge is -2.24. The van der Waals surface area contributed by atoms with Gasteiger partial charge in [-0.25, -0.2) is 4.79 Å². The highest BCUT2D eigenvalue weighted by atomic mass is 16.4. The second kappa shape index (κ2) is 13.9. The number of amides is 4. The van der Waals surface area contributed by atoms with Crippen molar-refractivity contribution < 1.29 is 44.1 Å². The summed E-state index contributed by atoms with van der Waals surface area (Å²) in [5.41, 5.74) is 10.9. The van der Waals surface area contributed by atoms with Crippen LogP contribution in [0.2, 0.25) is 0 Å². The van der Waals surface area contributed by atoms with Crippen LogP contribution in [0.25, 0.3) is 0 Å². The SMILES string of the molecule is CC(C)CC(N)C(=O)NC(CCC(N)=O)C(=O)NC(CO)C(=O)NC(CC(=O)O)C(=O)O. The maximum Gasteiger partial charge on any atom is 0.326 e. The molecule has 14 heteroatoms. The summed E-state index contributed by atoms with van der Waals surface area (Å²) in [6.45, 7) is 2.72. The monoisotopic (exact) mass is 461 g/mol. The van der Waals surface area contributed by atoms with E-state index in [4.69, 9.17) is 21.7 Å². The molecule has 0 aliphatic heterocycles. The number of aliphatic hydroxyl groups excluding tert-OH is 1. The lowest BCUT2D eigenvalue weighted by Crippen LogP contribution is -2.58. The van der Waals surface area contributed by atoms with Gasteiger partial charge in [0, 0.05) is 6.42 Å². The van der Waals surface area contributed by atoms with Crippen molar-refractivity contribution >= 4 is 35.6 Å². The Balaban J connectivity index is 5.32. The zero-order chi connectivity index (χ0) is 25.0. The van der Waals surface area contributed by atoms with E-state index in [1.807, 2.05) is 19.2 Å². The number of hydrogen-bond donors (Lipinski definition) is 8. The highest BCUT2D eigenvalue weighted by molar-refractivity contribution is 5.94. The summed E-state index contributed by atoms with van der Waals surface area (Å²) in [6.07, 6.45) is -1.12. The average molecular weight is 461 g/mol. The Morgan fingerprint density at radius 1 is 0.844 bits per heavy atom. The predicted octanol–water partition coefficient (Wildman–Crippen LogP) is -3.37. The fraction of sp³-hybridized carbons (Fsp3) is 0.667. The molecule has 4 atom stereocenters. The summed E-state index contributed by atoms with van der Waals surface area (Å²) < 4.78 is 0.